The number of nitrogens with zero attached hydrogens (tertiary/aromatic N) is 1. The van der Waals surface area contributed by atoms with Crippen LogP contribution in [0.5, 0.6) is 0 Å². The zero-order valence-electron chi connectivity index (χ0n) is 6.66. The Morgan fingerprint density at radius 1 is 1.45 bits per heavy atom. The first-order valence-corrected chi connectivity index (χ1v) is 3.59. The lowest BCUT2D eigenvalue weighted by Gasteiger charge is -2.27. The molecule has 1 saturated heterocycles. The summed E-state index contributed by atoms with van der Waals surface area (Å²) in [5, 5.41) is 0. The van der Waals surface area contributed by atoms with Crippen LogP contribution in [-0.4, -0.2) is 37.6 Å². The highest BCUT2D eigenvalue weighted by molar-refractivity contribution is 5.85. The van der Waals surface area contributed by atoms with Crippen LogP contribution in [-0.2, 0) is 9.53 Å². The van der Waals surface area contributed by atoms with E-state index in [1.54, 1.807) is 12.0 Å². The fourth-order valence-corrected chi connectivity index (χ4v) is 1.22. The number of methoxy groups -OCH3 is 1. The molecule has 1 aliphatic rings. The van der Waals surface area contributed by atoms with E-state index >= 15 is 0 Å². The van der Waals surface area contributed by atoms with Gasteiger partial charge in [0.15, 0.2) is 0 Å². The normalized spacial score (nSPS) is 19.2. The molecule has 0 saturated carbocycles. The van der Waals surface area contributed by atoms with Crippen molar-refractivity contribution in [1.29, 1.82) is 0 Å². The predicted octanol–water partition coefficient (Wildman–Crippen LogP) is 0.675. The summed E-state index contributed by atoms with van der Waals surface area (Å²) in [5.74, 6) is 0. The number of rotatable bonds is 2. The molecule has 3 nitrogen and oxygen atoms in total. The molecule has 0 aliphatic carbocycles. The Bertz CT molecular complexity index is 113. The van der Waals surface area contributed by atoms with E-state index in [0.717, 1.165) is 32.3 Å². The monoisotopic (exact) mass is 179 g/mol. The molecule has 0 aromatic rings. The second-order valence-corrected chi connectivity index (χ2v) is 2.58. The average molecular weight is 180 g/mol. The summed E-state index contributed by atoms with van der Waals surface area (Å²) >= 11 is 0. The maximum absolute atomic E-state index is 10.2. The summed E-state index contributed by atoms with van der Waals surface area (Å²) in [6, 6.07) is 0. The van der Waals surface area contributed by atoms with Gasteiger partial charge in [-0.15, -0.1) is 12.4 Å². The van der Waals surface area contributed by atoms with Gasteiger partial charge in [-0.1, -0.05) is 0 Å². The maximum Gasteiger partial charge on any atom is 0.209 e. The number of likely N-dealkylation sites (tertiary alicyclic amines) is 1. The minimum absolute atomic E-state index is 0. The third-order valence-corrected chi connectivity index (χ3v) is 1.96. The lowest BCUT2D eigenvalue weighted by Crippen LogP contribution is -2.35. The summed E-state index contributed by atoms with van der Waals surface area (Å²) in [5.41, 5.74) is 0. The quantitative estimate of drug-likeness (QED) is 0.584. The summed E-state index contributed by atoms with van der Waals surface area (Å²) in [6.07, 6.45) is 3.24. The maximum atomic E-state index is 10.2. The molecular weight excluding hydrogens is 166 g/mol. The highest BCUT2D eigenvalue weighted by Crippen LogP contribution is 2.10. The van der Waals surface area contributed by atoms with Crippen LogP contribution < -0.4 is 0 Å². The molecule has 1 aliphatic heterocycles. The smallest absolute Gasteiger partial charge is 0.209 e. The largest absolute Gasteiger partial charge is 0.381 e. The van der Waals surface area contributed by atoms with E-state index < -0.39 is 0 Å². The Morgan fingerprint density at radius 2 is 2.00 bits per heavy atom. The van der Waals surface area contributed by atoms with Crippen LogP contribution in [0.4, 0.5) is 0 Å². The van der Waals surface area contributed by atoms with Crippen LogP contribution in [0.15, 0.2) is 0 Å². The van der Waals surface area contributed by atoms with Crippen LogP contribution in [0.25, 0.3) is 0 Å². The number of hydrogen-bond donors (Lipinski definition) is 0. The molecule has 0 N–H and O–H groups in total. The fourth-order valence-electron chi connectivity index (χ4n) is 1.22. The Balaban J connectivity index is 0.000001000. The van der Waals surface area contributed by atoms with Gasteiger partial charge in [0.25, 0.3) is 0 Å². The molecule has 11 heavy (non-hydrogen) atoms. The molecule has 66 valence electrons. The van der Waals surface area contributed by atoms with Crippen LogP contribution in [0.3, 0.4) is 0 Å². The molecule has 0 radical (unpaired) electrons. The number of carbonyl (C=O) groups excluding carboxylic acids is 1. The molecule has 4 heteroatoms. The van der Waals surface area contributed by atoms with Crippen molar-refractivity contribution >= 4 is 18.8 Å². The van der Waals surface area contributed by atoms with Crippen molar-refractivity contribution in [3.05, 3.63) is 0 Å². The molecule has 0 unspecified atom stereocenters. The first-order valence-electron chi connectivity index (χ1n) is 3.59. The third kappa shape index (κ3) is 3.08. The van der Waals surface area contributed by atoms with Gasteiger partial charge in [-0.2, -0.15) is 0 Å². The van der Waals surface area contributed by atoms with Crippen molar-refractivity contribution in [2.75, 3.05) is 20.2 Å². The Labute approximate surface area is 73.1 Å². The van der Waals surface area contributed by atoms with E-state index in [0.29, 0.717) is 6.10 Å². The zero-order chi connectivity index (χ0) is 7.40. The van der Waals surface area contributed by atoms with Gasteiger partial charge in [0.1, 0.15) is 0 Å². The van der Waals surface area contributed by atoms with Crippen LogP contribution in [0.1, 0.15) is 12.8 Å². The number of piperidine rings is 1. The Kier molecular flexibility index (Phi) is 5.24. The number of halogens is 1. The summed E-state index contributed by atoms with van der Waals surface area (Å²) in [6.45, 7) is 1.70. The molecule has 0 spiro atoms. The van der Waals surface area contributed by atoms with Gasteiger partial charge in [-0.25, -0.2) is 0 Å². The Hall–Kier alpha value is -0.280. The lowest BCUT2D eigenvalue weighted by atomic mass is 10.1. The van der Waals surface area contributed by atoms with Crippen LogP contribution in [0.2, 0.25) is 0 Å². The molecule has 0 atom stereocenters. The fraction of sp³-hybridized carbons (Fsp3) is 0.857. The molecular formula is C7H14ClNO2. The molecule has 0 bridgehead atoms. The van der Waals surface area contributed by atoms with Crippen molar-refractivity contribution in [1.82, 2.24) is 4.90 Å². The van der Waals surface area contributed by atoms with E-state index in [4.69, 9.17) is 4.74 Å². The lowest BCUT2D eigenvalue weighted by molar-refractivity contribution is -0.120. The second-order valence-electron chi connectivity index (χ2n) is 2.58. The zero-order valence-corrected chi connectivity index (χ0v) is 7.47. The topological polar surface area (TPSA) is 29.5 Å². The number of ether oxygens (including phenoxy) is 1. The number of hydrogen-bond acceptors (Lipinski definition) is 2. The first-order chi connectivity index (χ1) is 4.86. The van der Waals surface area contributed by atoms with E-state index in [1.807, 2.05) is 0 Å². The third-order valence-electron chi connectivity index (χ3n) is 1.96. The minimum Gasteiger partial charge on any atom is -0.381 e. The van der Waals surface area contributed by atoms with E-state index in [1.165, 1.54) is 0 Å². The molecule has 0 aromatic heterocycles. The van der Waals surface area contributed by atoms with Gasteiger partial charge >= 0.3 is 0 Å². The van der Waals surface area contributed by atoms with Crippen molar-refractivity contribution in [3.8, 4) is 0 Å². The standard InChI is InChI=1S/C7H13NO2.ClH/c1-10-7-2-4-8(6-9)5-3-7;/h6-7H,2-5H2,1H3;1H. The molecule has 1 heterocycles. The van der Waals surface area contributed by atoms with Crippen LogP contribution >= 0.6 is 12.4 Å². The molecule has 1 fully saturated rings. The minimum atomic E-state index is 0. The van der Waals surface area contributed by atoms with Gasteiger partial charge in [-0.3, -0.25) is 4.79 Å². The highest BCUT2D eigenvalue weighted by atomic mass is 35.5. The second kappa shape index (κ2) is 5.38. The number of carbonyl (C=O) groups is 1. The predicted molar refractivity (Wildman–Crippen MR) is 44.9 cm³/mol. The SMILES string of the molecule is COC1CCN(C=O)CC1.Cl. The summed E-state index contributed by atoms with van der Waals surface area (Å²) < 4.78 is 5.14. The summed E-state index contributed by atoms with van der Waals surface area (Å²) in [4.78, 5) is 12.0. The molecule has 1 rings (SSSR count). The van der Waals surface area contributed by atoms with Gasteiger partial charge < -0.3 is 9.64 Å². The van der Waals surface area contributed by atoms with Gasteiger partial charge in [-0.05, 0) is 12.8 Å². The van der Waals surface area contributed by atoms with E-state index in [2.05, 4.69) is 0 Å². The van der Waals surface area contributed by atoms with Gasteiger partial charge in [0.2, 0.25) is 6.41 Å². The van der Waals surface area contributed by atoms with Gasteiger partial charge in [0.05, 0.1) is 6.10 Å². The van der Waals surface area contributed by atoms with E-state index in [-0.39, 0.29) is 12.4 Å². The van der Waals surface area contributed by atoms with Gasteiger partial charge in [0, 0.05) is 20.2 Å². The van der Waals surface area contributed by atoms with Crippen molar-refractivity contribution < 1.29 is 9.53 Å². The highest BCUT2D eigenvalue weighted by Gasteiger charge is 2.16. The molecule has 1 amide bonds. The summed E-state index contributed by atoms with van der Waals surface area (Å²) in [7, 11) is 1.72. The number of amides is 1. The van der Waals surface area contributed by atoms with Crippen molar-refractivity contribution in [2.45, 2.75) is 18.9 Å². The Morgan fingerprint density at radius 3 is 2.36 bits per heavy atom. The van der Waals surface area contributed by atoms with Crippen LogP contribution in [0, 0.1) is 0 Å². The average Bonchev–Trinajstić information content (AvgIpc) is 2.05. The van der Waals surface area contributed by atoms with Crippen molar-refractivity contribution in [2.24, 2.45) is 0 Å². The van der Waals surface area contributed by atoms with Crippen molar-refractivity contribution in [3.63, 3.8) is 0 Å². The molecule has 0 aromatic carbocycles. The van der Waals surface area contributed by atoms with E-state index in [9.17, 15) is 4.79 Å². The first kappa shape index (κ1) is 10.7.